The smallest absolute Gasteiger partial charge is 0.262 e. The van der Waals surface area contributed by atoms with Gasteiger partial charge in [0, 0.05) is 52.2 Å². The van der Waals surface area contributed by atoms with Crippen molar-refractivity contribution in [3.63, 3.8) is 0 Å². The molecule has 0 bridgehead atoms. The maximum atomic E-state index is 14.0. The van der Waals surface area contributed by atoms with E-state index in [9.17, 15) is 9.59 Å². The van der Waals surface area contributed by atoms with Crippen LogP contribution in [0.4, 0.5) is 0 Å². The molecule has 2 aromatic heterocycles. The summed E-state index contributed by atoms with van der Waals surface area (Å²) in [4.78, 5) is 35.5. The van der Waals surface area contributed by atoms with Crippen LogP contribution in [-0.4, -0.2) is 39.4 Å². The third-order valence-corrected chi connectivity index (χ3v) is 7.89. The molecule has 38 heavy (non-hydrogen) atoms. The average molecular weight is 521 g/mol. The van der Waals surface area contributed by atoms with Gasteiger partial charge in [-0.2, -0.15) is 0 Å². The number of H-pyrrole nitrogens is 1. The van der Waals surface area contributed by atoms with Gasteiger partial charge in [0.2, 0.25) is 0 Å². The van der Waals surface area contributed by atoms with Crippen LogP contribution in [0.2, 0.25) is 0 Å². The van der Waals surface area contributed by atoms with Crippen molar-refractivity contribution >= 4 is 67.2 Å². The molecule has 1 aliphatic rings. The lowest BCUT2D eigenvalue weighted by Gasteiger charge is -2.12. The summed E-state index contributed by atoms with van der Waals surface area (Å²) in [6.07, 6.45) is 1.42. The van der Waals surface area contributed by atoms with Gasteiger partial charge in [0.25, 0.3) is 11.8 Å². The number of aryl methyl sites for hydroxylation is 2. The zero-order valence-corrected chi connectivity index (χ0v) is 21.4. The topological polar surface area (TPSA) is 70.1 Å². The lowest BCUT2D eigenvalue weighted by atomic mass is 9.97. The number of para-hydroxylation sites is 2. The second-order valence-corrected chi connectivity index (χ2v) is 10.1. The van der Waals surface area contributed by atoms with Crippen molar-refractivity contribution in [2.24, 2.45) is 0 Å². The lowest BCUT2D eigenvalue weighted by Crippen LogP contribution is -2.31. The fraction of sp³-hybridized carbons (Fsp3) is 0.161. The summed E-state index contributed by atoms with van der Waals surface area (Å²) in [6.45, 7) is 1.56. The molecule has 4 aromatic carbocycles. The monoisotopic (exact) mass is 520 g/mol. The highest BCUT2D eigenvalue weighted by atomic mass is 35.5. The fourth-order valence-corrected chi connectivity index (χ4v) is 6.19. The van der Waals surface area contributed by atoms with Crippen molar-refractivity contribution in [1.29, 1.82) is 0 Å². The van der Waals surface area contributed by atoms with E-state index in [4.69, 9.17) is 11.8 Å². The summed E-state index contributed by atoms with van der Waals surface area (Å²) >= 11 is 5.65. The Hall–Kier alpha value is -4.13. The number of carbonyl (C=O) groups is 2. The molecule has 3 heterocycles. The normalized spacial score (nSPS) is 13.6. The Morgan fingerprint density at radius 1 is 0.763 bits per heavy atom. The minimum atomic E-state index is -0.239. The molecule has 0 aliphatic carbocycles. The second kappa shape index (κ2) is 9.01. The van der Waals surface area contributed by atoms with Crippen LogP contribution >= 0.6 is 11.8 Å². The number of hydrogen-bond acceptors (Lipinski definition) is 3. The molecule has 0 unspecified atom stereocenters. The largest absolute Gasteiger partial charge is 0.353 e. The summed E-state index contributed by atoms with van der Waals surface area (Å²) < 4.78 is 2.31. The highest BCUT2D eigenvalue weighted by Crippen LogP contribution is 2.45. The minimum absolute atomic E-state index is 0.234. The summed E-state index contributed by atoms with van der Waals surface area (Å²) in [6, 6.07) is 26.6. The van der Waals surface area contributed by atoms with E-state index in [0.717, 1.165) is 56.6 Å². The van der Waals surface area contributed by atoms with Gasteiger partial charge in [-0.25, -0.2) is 4.84 Å². The van der Waals surface area contributed by atoms with Crippen LogP contribution in [0, 0.1) is 0 Å². The number of rotatable bonds is 7. The van der Waals surface area contributed by atoms with Crippen LogP contribution in [-0.2, 0) is 13.0 Å². The molecule has 0 saturated carbocycles. The van der Waals surface area contributed by atoms with E-state index in [0.29, 0.717) is 30.6 Å². The Kier molecular flexibility index (Phi) is 5.46. The highest BCUT2D eigenvalue weighted by molar-refractivity contribution is 6.39. The fourth-order valence-electron chi connectivity index (χ4n) is 6.06. The summed E-state index contributed by atoms with van der Waals surface area (Å²) in [5.74, 6) is -0.472. The predicted octanol–water partition coefficient (Wildman–Crippen LogP) is 6.40. The van der Waals surface area contributed by atoms with E-state index in [1.54, 1.807) is 0 Å². The number of carbonyl (C=O) groups excluding carboxylic acids is 2. The van der Waals surface area contributed by atoms with Gasteiger partial charge in [-0.3, -0.25) is 14.5 Å². The molecule has 188 valence electrons. The second-order valence-electron chi connectivity index (χ2n) is 9.80. The van der Waals surface area contributed by atoms with Crippen molar-refractivity contribution in [2.45, 2.75) is 19.4 Å². The molecule has 7 heteroatoms. The van der Waals surface area contributed by atoms with Crippen molar-refractivity contribution in [1.82, 2.24) is 19.3 Å². The maximum absolute atomic E-state index is 14.0. The van der Waals surface area contributed by atoms with Crippen LogP contribution in [0.15, 0.2) is 78.9 Å². The van der Waals surface area contributed by atoms with E-state index in [1.165, 1.54) is 10.5 Å². The third-order valence-electron chi connectivity index (χ3n) is 7.70. The molecule has 6 nitrogen and oxygen atoms in total. The summed E-state index contributed by atoms with van der Waals surface area (Å²) in [5.41, 5.74) is 6.12. The predicted molar refractivity (Wildman–Crippen MR) is 153 cm³/mol. The van der Waals surface area contributed by atoms with Crippen LogP contribution in [0.25, 0.3) is 43.6 Å². The average Bonchev–Trinajstić information content (AvgIpc) is 3.57. The highest BCUT2D eigenvalue weighted by Gasteiger charge is 2.41. The van der Waals surface area contributed by atoms with Gasteiger partial charge >= 0.3 is 0 Å². The van der Waals surface area contributed by atoms with Crippen molar-refractivity contribution in [3.8, 4) is 0 Å². The number of amides is 2. The first kappa shape index (κ1) is 23.0. The number of halogens is 1. The Labute approximate surface area is 223 Å². The molecule has 2 N–H and O–H groups in total. The van der Waals surface area contributed by atoms with Crippen LogP contribution in [0.5, 0.6) is 0 Å². The number of fused-ring (bicyclic) bond motifs is 10. The number of aromatic nitrogens is 2. The van der Waals surface area contributed by atoms with Crippen molar-refractivity contribution in [2.75, 3.05) is 13.1 Å². The molecular weight excluding hydrogens is 496 g/mol. The molecule has 6 aromatic rings. The van der Waals surface area contributed by atoms with Gasteiger partial charge in [-0.05, 0) is 42.3 Å². The van der Waals surface area contributed by atoms with Gasteiger partial charge < -0.3 is 9.55 Å². The molecule has 0 fully saturated rings. The van der Waals surface area contributed by atoms with E-state index in [2.05, 4.69) is 50.8 Å². The lowest BCUT2D eigenvalue weighted by molar-refractivity contribution is 0.0654. The molecular formula is C31H25ClN4O2. The Bertz CT molecular complexity index is 1890. The maximum Gasteiger partial charge on any atom is 0.262 e. The molecule has 0 atom stereocenters. The summed E-state index contributed by atoms with van der Waals surface area (Å²) in [5, 5.41) is 3.60. The van der Waals surface area contributed by atoms with Gasteiger partial charge in [0.15, 0.2) is 0 Å². The van der Waals surface area contributed by atoms with Crippen molar-refractivity contribution in [3.05, 3.63) is 95.6 Å². The zero-order chi connectivity index (χ0) is 25.8. The van der Waals surface area contributed by atoms with Crippen molar-refractivity contribution < 1.29 is 9.59 Å². The molecule has 0 radical (unpaired) electrons. The molecule has 2 amide bonds. The van der Waals surface area contributed by atoms with Crippen LogP contribution in [0.3, 0.4) is 0 Å². The van der Waals surface area contributed by atoms with E-state index in [-0.39, 0.29) is 11.8 Å². The number of aromatic amines is 1. The quantitative estimate of drug-likeness (QED) is 0.145. The van der Waals surface area contributed by atoms with Gasteiger partial charge in [-0.15, -0.1) is 0 Å². The van der Waals surface area contributed by atoms with Gasteiger partial charge in [0.05, 0.1) is 22.2 Å². The number of nitrogens with one attached hydrogen (secondary N) is 2. The van der Waals surface area contributed by atoms with E-state index >= 15 is 0 Å². The van der Waals surface area contributed by atoms with Gasteiger partial charge in [-0.1, -0.05) is 66.7 Å². The van der Waals surface area contributed by atoms with E-state index < -0.39 is 0 Å². The molecule has 0 saturated heterocycles. The standard InChI is InChI=1S/C31H25ClN4O2/c32-33-16-8-17-36-30(37)26-24-20-11-4-6-13-22(20)34-28(24)29-25(27(26)31(36)38)21-12-5-7-14-23(21)35(29)18-15-19-9-2-1-3-10-19/h1-7,9-14,33-34H,8,15-18H2. The Morgan fingerprint density at radius 3 is 2.24 bits per heavy atom. The van der Waals surface area contributed by atoms with Gasteiger partial charge in [0.1, 0.15) is 0 Å². The number of imide groups is 1. The SMILES string of the molecule is O=C1c2c(c3c4ccccc4n(CCc4ccccc4)c3c3[nH]c4ccccc4c23)C(=O)N1CCCNCl. The number of hydrogen-bond donors (Lipinski definition) is 2. The Balaban J connectivity index is 1.57. The molecule has 7 rings (SSSR count). The first-order valence-electron chi connectivity index (χ1n) is 12.9. The van der Waals surface area contributed by atoms with Crippen LogP contribution < -0.4 is 4.84 Å². The Morgan fingerprint density at radius 2 is 1.45 bits per heavy atom. The first-order valence-corrected chi connectivity index (χ1v) is 13.3. The summed E-state index contributed by atoms with van der Waals surface area (Å²) in [7, 11) is 0. The number of benzene rings is 4. The molecule has 0 spiro atoms. The van der Waals surface area contributed by atoms with E-state index in [1.807, 2.05) is 42.5 Å². The molecule has 1 aliphatic heterocycles. The third kappa shape index (κ3) is 3.30. The van der Waals surface area contributed by atoms with Crippen LogP contribution in [0.1, 0.15) is 32.7 Å². The first-order chi connectivity index (χ1) is 18.7. The zero-order valence-electron chi connectivity index (χ0n) is 20.6. The minimum Gasteiger partial charge on any atom is -0.353 e. The number of nitrogens with zero attached hydrogens (tertiary/aromatic N) is 2.